The maximum absolute atomic E-state index is 13.0. The van der Waals surface area contributed by atoms with E-state index in [1.165, 1.54) is 17.7 Å². The number of H-pyrrole nitrogens is 1. The van der Waals surface area contributed by atoms with Gasteiger partial charge in [0.15, 0.2) is 11.6 Å². The highest BCUT2D eigenvalue weighted by Crippen LogP contribution is 2.24. The van der Waals surface area contributed by atoms with E-state index in [0.29, 0.717) is 11.6 Å². The van der Waals surface area contributed by atoms with Gasteiger partial charge in [0.25, 0.3) is 0 Å². The van der Waals surface area contributed by atoms with Crippen molar-refractivity contribution in [1.82, 2.24) is 15.2 Å². The van der Waals surface area contributed by atoms with Crippen LogP contribution in [0.3, 0.4) is 0 Å². The Kier molecular flexibility index (Phi) is 5.04. The number of hydrogen-bond acceptors (Lipinski definition) is 4. The second kappa shape index (κ2) is 7.25. The van der Waals surface area contributed by atoms with Gasteiger partial charge in [-0.3, -0.25) is 5.10 Å². The summed E-state index contributed by atoms with van der Waals surface area (Å²) in [5.74, 6) is 1.48. The zero-order chi connectivity index (χ0) is 18.7. The molecule has 26 heavy (non-hydrogen) atoms. The lowest BCUT2D eigenvalue weighted by Gasteiger charge is -2.19. The molecule has 3 aromatic rings. The van der Waals surface area contributed by atoms with Crippen molar-refractivity contribution in [2.24, 2.45) is 5.73 Å². The van der Waals surface area contributed by atoms with Crippen LogP contribution in [0.4, 0.5) is 4.39 Å². The van der Waals surface area contributed by atoms with E-state index in [-0.39, 0.29) is 17.8 Å². The number of hydrogen-bond donors (Lipinski definition) is 2. The molecule has 0 radical (unpaired) electrons. The number of ether oxygens (including phenoxy) is 1. The van der Waals surface area contributed by atoms with E-state index in [1.54, 1.807) is 12.1 Å². The van der Waals surface area contributed by atoms with Crippen LogP contribution in [0, 0.1) is 5.82 Å². The Balaban J connectivity index is 1.62. The van der Waals surface area contributed by atoms with E-state index < -0.39 is 6.04 Å². The topological polar surface area (TPSA) is 76.8 Å². The largest absolute Gasteiger partial charge is 0.486 e. The fourth-order valence-electron chi connectivity index (χ4n) is 2.54. The Hall–Kier alpha value is -2.73. The van der Waals surface area contributed by atoms with Gasteiger partial charge >= 0.3 is 0 Å². The van der Waals surface area contributed by atoms with Crippen molar-refractivity contribution in [3.8, 4) is 5.75 Å². The molecule has 0 aliphatic rings. The van der Waals surface area contributed by atoms with Gasteiger partial charge in [0.1, 0.15) is 18.2 Å². The molecular weight excluding hydrogens is 331 g/mol. The van der Waals surface area contributed by atoms with Gasteiger partial charge in [-0.05, 0) is 40.8 Å². The summed E-state index contributed by atoms with van der Waals surface area (Å²) < 4.78 is 18.8. The van der Waals surface area contributed by atoms with E-state index in [9.17, 15) is 4.39 Å². The van der Waals surface area contributed by atoms with Crippen LogP contribution in [0.15, 0.2) is 48.5 Å². The number of aromatic nitrogens is 3. The summed E-state index contributed by atoms with van der Waals surface area (Å²) >= 11 is 0. The minimum atomic E-state index is -0.522. The minimum Gasteiger partial charge on any atom is -0.486 e. The summed E-state index contributed by atoms with van der Waals surface area (Å²) in [6.07, 6.45) is 0. The van der Waals surface area contributed by atoms with E-state index >= 15 is 0 Å². The number of nitrogens with one attached hydrogen (secondary N) is 1. The molecule has 0 aliphatic heterocycles. The molecule has 0 fully saturated rings. The van der Waals surface area contributed by atoms with Crippen LogP contribution in [-0.2, 0) is 12.0 Å². The van der Waals surface area contributed by atoms with Gasteiger partial charge in [0, 0.05) is 0 Å². The Morgan fingerprint density at radius 2 is 1.73 bits per heavy atom. The van der Waals surface area contributed by atoms with E-state index in [2.05, 4.69) is 48.1 Å². The number of rotatable bonds is 5. The predicted molar refractivity (Wildman–Crippen MR) is 98.3 cm³/mol. The van der Waals surface area contributed by atoms with Crippen molar-refractivity contribution in [2.75, 3.05) is 0 Å². The molecule has 5 nitrogen and oxygen atoms in total. The van der Waals surface area contributed by atoms with Gasteiger partial charge < -0.3 is 10.5 Å². The van der Waals surface area contributed by atoms with Crippen molar-refractivity contribution in [2.45, 2.75) is 38.8 Å². The first-order valence-electron chi connectivity index (χ1n) is 8.48. The molecule has 3 N–H and O–H groups in total. The molecule has 0 aliphatic carbocycles. The molecule has 0 saturated heterocycles. The first-order chi connectivity index (χ1) is 12.3. The molecule has 0 spiro atoms. The second-order valence-corrected chi connectivity index (χ2v) is 7.23. The maximum Gasteiger partial charge on any atom is 0.172 e. The summed E-state index contributed by atoms with van der Waals surface area (Å²) in [6, 6.07) is 13.5. The quantitative estimate of drug-likeness (QED) is 0.729. The average molecular weight is 354 g/mol. The lowest BCUT2D eigenvalue weighted by atomic mass is 9.87. The molecule has 0 amide bonds. The first-order valence-corrected chi connectivity index (χ1v) is 8.48. The van der Waals surface area contributed by atoms with E-state index in [0.717, 1.165) is 11.3 Å². The molecule has 3 rings (SSSR count). The van der Waals surface area contributed by atoms with Crippen LogP contribution in [0.2, 0.25) is 0 Å². The van der Waals surface area contributed by atoms with Crippen molar-refractivity contribution in [3.05, 3.63) is 77.1 Å². The second-order valence-electron chi connectivity index (χ2n) is 7.23. The highest BCUT2D eigenvalue weighted by molar-refractivity contribution is 5.31. The minimum absolute atomic E-state index is 0.106. The molecule has 2 aromatic carbocycles. The molecule has 1 aromatic heterocycles. The number of halogens is 1. The molecule has 1 unspecified atom stereocenters. The van der Waals surface area contributed by atoms with Gasteiger partial charge in [0.2, 0.25) is 0 Å². The normalized spacial score (nSPS) is 12.8. The van der Waals surface area contributed by atoms with Crippen molar-refractivity contribution < 1.29 is 9.13 Å². The predicted octanol–water partition coefficient (Wildman–Crippen LogP) is 3.87. The maximum atomic E-state index is 13.0. The molecule has 6 heteroatoms. The fourth-order valence-corrected chi connectivity index (χ4v) is 2.54. The van der Waals surface area contributed by atoms with Crippen LogP contribution in [0.1, 0.15) is 49.6 Å². The van der Waals surface area contributed by atoms with Gasteiger partial charge in [-0.2, -0.15) is 5.10 Å². The van der Waals surface area contributed by atoms with Crippen LogP contribution in [0.5, 0.6) is 5.75 Å². The zero-order valence-electron chi connectivity index (χ0n) is 15.2. The van der Waals surface area contributed by atoms with Crippen molar-refractivity contribution in [1.29, 1.82) is 0 Å². The fraction of sp³-hybridized carbons (Fsp3) is 0.300. The van der Waals surface area contributed by atoms with Crippen LogP contribution >= 0.6 is 0 Å². The van der Waals surface area contributed by atoms with Crippen LogP contribution < -0.4 is 10.5 Å². The molecule has 1 atom stereocenters. The first kappa shape index (κ1) is 18.1. The zero-order valence-corrected chi connectivity index (χ0v) is 15.2. The summed E-state index contributed by atoms with van der Waals surface area (Å²) in [4.78, 5) is 4.37. The van der Waals surface area contributed by atoms with Crippen LogP contribution in [-0.4, -0.2) is 15.2 Å². The third-order valence-corrected chi connectivity index (χ3v) is 4.15. The van der Waals surface area contributed by atoms with Gasteiger partial charge in [-0.25, -0.2) is 9.37 Å². The summed E-state index contributed by atoms with van der Waals surface area (Å²) in [5.41, 5.74) is 8.24. The average Bonchev–Trinajstić information content (AvgIpc) is 3.08. The Morgan fingerprint density at radius 1 is 1.08 bits per heavy atom. The summed E-state index contributed by atoms with van der Waals surface area (Å²) in [7, 11) is 0. The molecule has 136 valence electrons. The molecule has 1 heterocycles. The van der Waals surface area contributed by atoms with Gasteiger partial charge in [-0.1, -0.05) is 45.0 Å². The van der Waals surface area contributed by atoms with E-state index in [4.69, 9.17) is 10.5 Å². The smallest absolute Gasteiger partial charge is 0.172 e. The lowest BCUT2D eigenvalue weighted by Crippen LogP contribution is -2.13. The number of benzene rings is 2. The van der Waals surface area contributed by atoms with Gasteiger partial charge in [-0.15, -0.1) is 0 Å². The van der Waals surface area contributed by atoms with Crippen molar-refractivity contribution in [3.63, 3.8) is 0 Å². The summed E-state index contributed by atoms with van der Waals surface area (Å²) in [6.45, 7) is 6.77. The Labute approximate surface area is 152 Å². The Morgan fingerprint density at radius 3 is 2.35 bits per heavy atom. The van der Waals surface area contributed by atoms with Gasteiger partial charge in [0.05, 0.1) is 6.04 Å². The number of aromatic amines is 1. The van der Waals surface area contributed by atoms with Crippen LogP contribution in [0.25, 0.3) is 0 Å². The number of nitrogens with zero attached hydrogens (tertiary/aromatic N) is 2. The standard InChI is InChI=1S/C20H23FN4O/c1-20(2,3)14-6-10-16(11-7-14)26-12-17-23-19(25-24-17)18(22)13-4-8-15(21)9-5-13/h4-11,18H,12,22H2,1-3H3,(H,23,24,25). The molecule has 0 bridgehead atoms. The number of nitrogens with two attached hydrogens (primary N) is 1. The SMILES string of the molecule is CC(C)(C)c1ccc(OCc2nc(C(N)c3ccc(F)cc3)n[nH]2)cc1. The lowest BCUT2D eigenvalue weighted by molar-refractivity contribution is 0.296. The summed E-state index contributed by atoms with van der Waals surface area (Å²) in [5, 5.41) is 6.97. The van der Waals surface area contributed by atoms with Crippen molar-refractivity contribution >= 4 is 0 Å². The monoisotopic (exact) mass is 354 g/mol. The Bertz CT molecular complexity index is 851. The highest BCUT2D eigenvalue weighted by Gasteiger charge is 2.15. The third-order valence-electron chi connectivity index (χ3n) is 4.15. The highest BCUT2D eigenvalue weighted by atomic mass is 19.1. The third kappa shape index (κ3) is 4.26. The van der Waals surface area contributed by atoms with E-state index in [1.807, 2.05) is 12.1 Å². The molecular formula is C20H23FN4O. The molecule has 0 saturated carbocycles.